The summed E-state index contributed by atoms with van der Waals surface area (Å²) >= 11 is 6.28. The number of amides is 2. The second kappa shape index (κ2) is 12.0. The molecule has 2 heterocycles. The van der Waals surface area contributed by atoms with Crippen molar-refractivity contribution < 1.29 is 9.59 Å². The highest BCUT2D eigenvalue weighted by Crippen LogP contribution is 2.26. The highest BCUT2D eigenvalue weighted by atomic mass is 35.5. The number of hydrogen-bond acceptors (Lipinski definition) is 5. The molecular weight excluding hydrogens is 474 g/mol. The van der Waals surface area contributed by atoms with Crippen LogP contribution in [-0.2, 0) is 4.79 Å². The van der Waals surface area contributed by atoms with Crippen molar-refractivity contribution in [3.05, 3.63) is 76.8 Å². The third-order valence-corrected chi connectivity index (χ3v) is 6.78. The fraction of sp³-hybridized carbons (Fsp3) is 0.357. The lowest BCUT2D eigenvalue weighted by Gasteiger charge is -2.36. The zero-order valence-electron chi connectivity index (χ0n) is 20.9. The van der Waals surface area contributed by atoms with E-state index < -0.39 is 0 Å². The van der Waals surface area contributed by atoms with Crippen LogP contribution in [0.4, 0.5) is 5.82 Å². The van der Waals surface area contributed by atoms with E-state index in [1.54, 1.807) is 4.90 Å². The number of piperazine rings is 1. The van der Waals surface area contributed by atoms with Gasteiger partial charge >= 0.3 is 0 Å². The van der Waals surface area contributed by atoms with E-state index in [-0.39, 0.29) is 18.4 Å². The van der Waals surface area contributed by atoms with Gasteiger partial charge in [0.2, 0.25) is 5.91 Å². The van der Waals surface area contributed by atoms with Crippen LogP contribution in [0.1, 0.15) is 35.7 Å². The Morgan fingerprint density at radius 1 is 0.944 bits per heavy atom. The first kappa shape index (κ1) is 25.6. The van der Waals surface area contributed by atoms with E-state index in [0.717, 1.165) is 35.5 Å². The molecule has 0 unspecified atom stereocenters. The summed E-state index contributed by atoms with van der Waals surface area (Å²) in [4.78, 5) is 31.8. The van der Waals surface area contributed by atoms with Crippen molar-refractivity contribution in [3.63, 3.8) is 0 Å². The zero-order valence-corrected chi connectivity index (χ0v) is 21.6. The van der Waals surface area contributed by atoms with Gasteiger partial charge in [0.25, 0.3) is 5.91 Å². The molecule has 1 fully saturated rings. The Kier molecular flexibility index (Phi) is 8.54. The van der Waals surface area contributed by atoms with Crippen molar-refractivity contribution in [1.29, 1.82) is 0 Å². The average Bonchev–Trinajstić information content (AvgIpc) is 2.91. The Bertz CT molecular complexity index is 1180. The number of rotatable bonds is 8. The first-order chi connectivity index (χ1) is 17.5. The minimum Gasteiger partial charge on any atom is -0.352 e. The fourth-order valence-corrected chi connectivity index (χ4v) is 4.47. The van der Waals surface area contributed by atoms with Crippen molar-refractivity contribution in [1.82, 2.24) is 20.0 Å². The average molecular weight is 506 g/mol. The van der Waals surface area contributed by atoms with Crippen molar-refractivity contribution in [2.75, 3.05) is 44.2 Å². The largest absolute Gasteiger partial charge is 0.352 e. The van der Waals surface area contributed by atoms with Crippen LogP contribution in [0.25, 0.3) is 11.3 Å². The summed E-state index contributed by atoms with van der Waals surface area (Å²) in [5.41, 5.74) is 3.29. The first-order valence-corrected chi connectivity index (χ1v) is 12.8. The summed E-state index contributed by atoms with van der Waals surface area (Å²) in [5, 5.41) is 9.39. The lowest BCUT2D eigenvalue weighted by molar-refractivity contribution is -0.132. The van der Waals surface area contributed by atoms with Crippen LogP contribution in [-0.4, -0.2) is 71.1 Å². The fourth-order valence-electron chi connectivity index (χ4n) is 4.23. The topological polar surface area (TPSA) is 69.6 Å². The molecule has 1 aromatic heterocycles. The molecule has 1 saturated heterocycles. The van der Waals surface area contributed by atoms with E-state index in [9.17, 15) is 9.59 Å². The molecule has 1 aliphatic heterocycles. The SMILES string of the molecule is CCCCN(CC(=O)N1CCN(c2ccc(-c3ccccc3Cl)nn2)CC1)C(=O)c1ccc(C)cc1. The first-order valence-electron chi connectivity index (χ1n) is 12.4. The number of nitrogens with zero attached hydrogens (tertiary/aromatic N) is 5. The van der Waals surface area contributed by atoms with Crippen molar-refractivity contribution in [2.45, 2.75) is 26.7 Å². The van der Waals surface area contributed by atoms with E-state index in [4.69, 9.17) is 11.6 Å². The number of benzene rings is 2. The number of unbranched alkanes of at least 4 members (excludes halogenated alkanes) is 1. The summed E-state index contributed by atoms with van der Waals surface area (Å²) in [6.07, 6.45) is 1.82. The molecule has 36 heavy (non-hydrogen) atoms. The molecular formula is C28H32ClN5O2. The third-order valence-electron chi connectivity index (χ3n) is 6.45. The van der Waals surface area contributed by atoms with Gasteiger partial charge < -0.3 is 14.7 Å². The zero-order chi connectivity index (χ0) is 25.5. The van der Waals surface area contributed by atoms with Crippen LogP contribution in [0.15, 0.2) is 60.7 Å². The van der Waals surface area contributed by atoms with E-state index in [1.807, 2.05) is 72.5 Å². The molecule has 2 aromatic carbocycles. The molecule has 1 aliphatic rings. The van der Waals surface area contributed by atoms with Crippen LogP contribution >= 0.6 is 11.6 Å². The molecule has 0 N–H and O–H groups in total. The Morgan fingerprint density at radius 3 is 2.31 bits per heavy atom. The van der Waals surface area contributed by atoms with E-state index >= 15 is 0 Å². The normalized spacial score (nSPS) is 13.5. The maximum Gasteiger partial charge on any atom is 0.254 e. The number of aryl methyl sites for hydroxylation is 1. The van der Waals surface area contributed by atoms with Gasteiger partial charge in [-0.2, -0.15) is 0 Å². The van der Waals surface area contributed by atoms with Crippen LogP contribution < -0.4 is 4.90 Å². The summed E-state index contributed by atoms with van der Waals surface area (Å²) in [7, 11) is 0. The predicted octanol–water partition coefficient (Wildman–Crippen LogP) is 4.70. The molecule has 7 nitrogen and oxygen atoms in total. The minimum atomic E-state index is -0.0932. The number of halogens is 1. The third kappa shape index (κ3) is 6.21. The molecule has 0 atom stereocenters. The van der Waals surface area contributed by atoms with Gasteiger partial charge in [-0.25, -0.2) is 0 Å². The van der Waals surface area contributed by atoms with Gasteiger partial charge in [-0.15, -0.1) is 10.2 Å². The molecule has 0 spiro atoms. The Labute approximate surface area is 217 Å². The summed E-state index contributed by atoms with van der Waals surface area (Å²) in [6.45, 7) is 7.21. The number of carbonyl (C=O) groups excluding carboxylic acids is 2. The van der Waals surface area contributed by atoms with E-state index in [2.05, 4.69) is 22.0 Å². The van der Waals surface area contributed by atoms with E-state index in [0.29, 0.717) is 43.3 Å². The molecule has 0 bridgehead atoms. The van der Waals surface area contributed by atoms with Gasteiger partial charge in [0.15, 0.2) is 5.82 Å². The summed E-state index contributed by atoms with van der Waals surface area (Å²) in [5.74, 6) is 0.660. The molecule has 2 amide bonds. The van der Waals surface area contributed by atoms with Gasteiger partial charge in [0.1, 0.15) is 6.54 Å². The van der Waals surface area contributed by atoms with Crippen molar-refractivity contribution in [2.24, 2.45) is 0 Å². The van der Waals surface area contributed by atoms with Crippen LogP contribution in [0.2, 0.25) is 5.02 Å². The number of carbonyl (C=O) groups is 2. The molecule has 3 aromatic rings. The Morgan fingerprint density at radius 2 is 1.67 bits per heavy atom. The minimum absolute atomic E-state index is 0.0219. The summed E-state index contributed by atoms with van der Waals surface area (Å²) < 4.78 is 0. The summed E-state index contributed by atoms with van der Waals surface area (Å²) in [6, 6.07) is 18.9. The number of anilines is 1. The Hall–Kier alpha value is -3.45. The van der Waals surface area contributed by atoms with Crippen LogP contribution in [0, 0.1) is 6.92 Å². The lowest BCUT2D eigenvalue weighted by atomic mass is 10.1. The molecule has 0 saturated carbocycles. The predicted molar refractivity (Wildman–Crippen MR) is 143 cm³/mol. The molecule has 188 valence electrons. The molecule has 0 aliphatic carbocycles. The number of aromatic nitrogens is 2. The number of hydrogen-bond donors (Lipinski definition) is 0. The molecule has 0 radical (unpaired) electrons. The molecule has 4 rings (SSSR count). The highest BCUT2D eigenvalue weighted by molar-refractivity contribution is 6.33. The van der Waals surface area contributed by atoms with Crippen LogP contribution in [0.3, 0.4) is 0 Å². The van der Waals surface area contributed by atoms with Gasteiger partial charge in [0.05, 0.1) is 10.7 Å². The second-order valence-corrected chi connectivity index (χ2v) is 9.48. The second-order valence-electron chi connectivity index (χ2n) is 9.07. The lowest BCUT2D eigenvalue weighted by Crippen LogP contribution is -2.52. The standard InChI is InChI=1S/C28H32ClN5O2/c1-3-4-15-34(28(36)22-11-9-21(2)10-12-22)20-27(35)33-18-16-32(17-19-33)26-14-13-25(30-31-26)23-7-5-6-8-24(23)29/h5-14H,3-4,15-20H2,1-2H3. The maximum atomic E-state index is 13.1. The smallest absolute Gasteiger partial charge is 0.254 e. The Balaban J connectivity index is 1.35. The monoisotopic (exact) mass is 505 g/mol. The van der Waals surface area contributed by atoms with Gasteiger partial charge in [-0.1, -0.05) is 60.8 Å². The quantitative estimate of drug-likeness (QED) is 0.444. The van der Waals surface area contributed by atoms with Crippen molar-refractivity contribution >= 4 is 29.2 Å². The van der Waals surface area contributed by atoms with Gasteiger partial charge in [0, 0.05) is 43.9 Å². The highest BCUT2D eigenvalue weighted by Gasteiger charge is 2.26. The van der Waals surface area contributed by atoms with Crippen molar-refractivity contribution in [3.8, 4) is 11.3 Å². The van der Waals surface area contributed by atoms with Crippen LogP contribution in [0.5, 0.6) is 0 Å². The van der Waals surface area contributed by atoms with E-state index in [1.165, 1.54) is 0 Å². The molecule has 8 heteroatoms. The maximum absolute atomic E-state index is 13.1. The van der Waals surface area contributed by atoms with Gasteiger partial charge in [-0.3, -0.25) is 9.59 Å². The van der Waals surface area contributed by atoms with Gasteiger partial charge in [-0.05, 0) is 43.7 Å².